The molecule has 2 aromatic rings. The van der Waals surface area contributed by atoms with Crippen LogP contribution in [0.1, 0.15) is 36.6 Å². The number of hydrogen-bond acceptors (Lipinski definition) is 6. The lowest BCUT2D eigenvalue weighted by atomic mass is 10.0. The summed E-state index contributed by atoms with van der Waals surface area (Å²) in [6.45, 7) is 0.348. The van der Waals surface area contributed by atoms with E-state index in [0.717, 1.165) is 16.8 Å². The molecule has 176 valence electrons. The number of aliphatic imine (C=N–C) groups is 1. The van der Waals surface area contributed by atoms with Gasteiger partial charge in [0.05, 0.1) is 13.7 Å². The number of hydrazone groups is 1. The predicted octanol–water partition coefficient (Wildman–Crippen LogP) is 3.58. The Kier molecular flexibility index (Phi) is 7.22. The number of aryl methyl sites for hydroxylation is 1. The van der Waals surface area contributed by atoms with E-state index in [4.69, 9.17) is 4.74 Å². The quantitative estimate of drug-likeness (QED) is 0.657. The zero-order chi connectivity index (χ0) is 23.9. The van der Waals surface area contributed by atoms with Gasteiger partial charge in [0.2, 0.25) is 5.91 Å². The van der Waals surface area contributed by atoms with E-state index in [9.17, 15) is 14.7 Å². The molecule has 0 bridgehead atoms. The number of ether oxygens (including phenoxy) is 1. The highest BCUT2D eigenvalue weighted by molar-refractivity contribution is 5.93. The molecule has 2 aliphatic heterocycles. The van der Waals surface area contributed by atoms with Crippen LogP contribution < -0.4 is 10.1 Å². The summed E-state index contributed by atoms with van der Waals surface area (Å²) in [4.78, 5) is 31.2. The van der Waals surface area contributed by atoms with Crippen molar-refractivity contribution >= 4 is 23.9 Å². The van der Waals surface area contributed by atoms with Gasteiger partial charge in [0.25, 0.3) is 0 Å². The Balaban J connectivity index is 1.53. The van der Waals surface area contributed by atoms with Gasteiger partial charge in [0.15, 0.2) is 17.7 Å². The Bertz CT molecular complexity index is 1130. The Hall–Kier alpha value is -4.14. The van der Waals surface area contributed by atoms with Crippen molar-refractivity contribution in [3.05, 3.63) is 72.1 Å². The number of rotatable bonds is 7. The summed E-state index contributed by atoms with van der Waals surface area (Å²) in [6, 6.07) is 14.3. The molecule has 4 rings (SSSR count). The molecule has 0 fully saturated rings. The first-order valence-corrected chi connectivity index (χ1v) is 11.1. The fraction of sp³-hybridized carbons (Fsp3) is 0.280. The lowest BCUT2D eigenvalue weighted by Gasteiger charge is -2.33. The molecule has 34 heavy (non-hydrogen) atoms. The number of nitrogens with one attached hydrogen (secondary N) is 1. The van der Waals surface area contributed by atoms with Crippen molar-refractivity contribution in [2.24, 2.45) is 10.1 Å². The standard InChI is InChI=1S/C25H27N5O4/c1-34-22-11-8-18(17-21(22)31)7-9-20-10-12-23(32)30(28-20)24(19-5-3-2-4-6-19)27-25(33)29-15-13-26-14-16-29/h2-6,8,11,13-15,17,24,31H,7,9-10,12,16H2,1H3,(H,27,33). The van der Waals surface area contributed by atoms with Gasteiger partial charge in [-0.25, -0.2) is 9.80 Å². The molecule has 9 nitrogen and oxygen atoms in total. The Labute approximate surface area is 198 Å². The molecule has 2 aromatic carbocycles. The average Bonchev–Trinajstić information content (AvgIpc) is 2.88. The zero-order valence-corrected chi connectivity index (χ0v) is 18.9. The molecule has 0 saturated heterocycles. The third kappa shape index (κ3) is 5.43. The van der Waals surface area contributed by atoms with Gasteiger partial charge in [-0.2, -0.15) is 5.10 Å². The van der Waals surface area contributed by atoms with Crippen molar-refractivity contribution in [2.75, 3.05) is 13.7 Å². The molecule has 0 saturated carbocycles. The van der Waals surface area contributed by atoms with Crippen LogP contribution in [0.5, 0.6) is 11.5 Å². The van der Waals surface area contributed by atoms with E-state index in [0.29, 0.717) is 38.0 Å². The lowest BCUT2D eigenvalue weighted by Crippen LogP contribution is -2.47. The molecule has 3 amide bonds. The first-order valence-electron chi connectivity index (χ1n) is 11.1. The number of urea groups is 1. The largest absolute Gasteiger partial charge is 0.504 e. The maximum atomic E-state index is 12.9. The molecule has 1 atom stereocenters. The second-order valence-electron chi connectivity index (χ2n) is 7.96. The van der Waals surface area contributed by atoms with E-state index in [-0.39, 0.29) is 17.7 Å². The van der Waals surface area contributed by atoms with Gasteiger partial charge in [0, 0.05) is 30.7 Å². The van der Waals surface area contributed by atoms with E-state index in [1.807, 2.05) is 36.4 Å². The highest BCUT2D eigenvalue weighted by Crippen LogP contribution is 2.28. The number of phenols is 1. The predicted molar refractivity (Wildman–Crippen MR) is 129 cm³/mol. The number of nitrogens with zero attached hydrogens (tertiary/aromatic N) is 4. The van der Waals surface area contributed by atoms with Gasteiger partial charge in [-0.1, -0.05) is 36.4 Å². The minimum Gasteiger partial charge on any atom is -0.504 e. The summed E-state index contributed by atoms with van der Waals surface area (Å²) < 4.78 is 5.10. The fourth-order valence-electron chi connectivity index (χ4n) is 3.83. The third-order valence-corrected chi connectivity index (χ3v) is 5.68. The van der Waals surface area contributed by atoms with Gasteiger partial charge < -0.3 is 15.2 Å². The van der Waals surface area contributed by atoms with Crippen LogP contribution in [0.15, 0.2) is 71.0 Å². The molecule has 0 radical (unpaired) electrons. The number of aromatic hydroxyl groups is 1. The number of phenolic OH excluding ortho intramolecular Hbond substituents is 1. The summed E-state index contributed by atoms with van der Waals surface area (Å²) >= 11 is 0. The molecule has 2 aliphatic rings. The molecule has 2 heterocycles. The van der Waals surface area contributed by atoms with E-state index in [2.05, 4.69) is 15.4 Å². The lowest BCUT2D eigenvalue weighted by molar-refractivity contribution is -0.134. The SMILES string of the molecule is COc1ccc(CCC2=NN(C(NC(=O)N3C=CN=CC3)c3ccccc3)C(=O)CC2)cc1O. The summed E-state index contributed by atoms with van der Waals surface area (Å²) in [5.74, 6) is 0.355. The number of hydrogen-bond donors (Lipinski definition) is 2. The van der Waals surface area contributed by atoms with Crippen molar-refractivity contribution in [1.82, 2.24) is 15.2 Å². The summed E-state index contributed by atoms with van der Waals surface area (Å²) in [5, 5.41) is 19.0. The number of amides is 3. The number of carbonyl (C=O) groups is 2. The average molecular weight is 462 g/mol. The third-order valence-electron chi connectivity index (χ3n) is 5.68. The number of carbonyl (C=O) groups excluding carboxylic acids is 2. The first-order chi connectivity index (χ1) is 16.5. The Morgan fingerprint density at radius 2 is 2.00 bits per heavy atom. The molecule has 2 N–H and O–H groups in total. The van der Waals surface area contributed by atoms with Crippen molar-refractivity contribution < 1.29 is 19.4 Å². The molecule has 0 spiro atoms. The minimum atomic E-state index is -0.742. The van der Waals surface area contributed by atoms with E-state index < -0.39 is 6.17 Å². The maximum absolute atomic E-state index is 12.9. The number of methoxy groups -OCH3 is 1. The monoisotopic (exact) mass is 461 g/mol. The normalized spacial score (nSPS) is 16.3. The van der Waals surface area contributed by atoms with Crippen LogP contribution in [0.3, 0.4) is 0 Å². The molecular formula is C25H27N5O4. The topological polar surface area (TPSA) is 107 Å². The number of benzene rings is 2. The molecule has 0 aromatic heterocycles. The molecule has 0 aliphatic carbocycles. The van der Waals surface area contributed by atoms with Crippen molar-refractivity contribution in [3.63, 3.8) is 0 Å². The highest BCUT2D eigenvalue weighted by atomic mass is 16.5. The van der Waals surface area contributed by atoms with Crippen LogP contribution in [0.4, 0.5) is 4.79 Å². The molecule has 1 unspecified atom stereocenters. The Morgan fingerprint density at radius 3 is 2.71 bits per heavy atom. The van der Waals surface area contributed by atoms with Crippen LogP contribution >= 0.6 is 0 Å². The van der Waals surface area contributed by atoms with Crippen LogP contribution in [0.25, 0.3) is 0 Å². The van der Waals surface area contributed by atoms with E-state index in [1.54, 1.807) is 30.7 Å². The second-order valence-corrected chi connectivity index (χ2v) is 7.96. The van der Waals surface area contributed by atoms with Gasteiger partial charge in [-0.15, -0.1) is 0 Å². The van der Waals surface area contributed by atoms with Gasteiger partial charge in [0.1, 0.15) is 0 Å². The van der Waals surface area contributed by atoms with Crippen LogP contribution in [-0.4, -0.2) is 52.5 Å². The van der Waals surface area contributed by atoms with Gasteiger partial charge >= 0.3 is 6.03 Å². The van der Waals surface area contributed by atoms with E-state index >= 15 is 0 Å². The molecular weight excluding hydrogens is 434 g/mol. The first kappa shape index (κ1) is 23.0. The summed E-state index contributed by atoms with van der Waals surface area (Å²) in [5.41, 5.74) is 2.55. The second kappa shape index (κ2) is 10.7. The maximum Gasteiger partial charge on any atom is 0.323 e. The minimum absolute atomic E-state index is 0.0889. The zero-order valence-electron chi connectivity index (χ0n) is 18.9. The van der Waals surface area contributed by atoms with Crippen LogP contribution in [0, 0.1) is 0 Å². The van der Waals surface area contributed by atoms with Gasteiger partial charge in [-0.05, 0) is 42.5 Å². The Morgan fingerprint density at radius 1 is 1.18 bits per heavy atom. The molecule has 9 heteroatoms. The van der Waals surface area contributed by atoms with Gasteiger partial charge in [-0.3, -0.25) is 14.7 Å². The summed E-state index contributed by atoms with van der Waals surface area (Å²) in [7, 11) is 1.51. The van der Waals surface area contributed by atoms with Crippen LogP contribution in [0.2, 0.25) is 0 Å². The van der Waals surface area contributed by atoms with Crippen molar-refractivity contribution in [2.45, 2.75) is 31.8 Å². The van der Waals surface area contributed by atoms with Crippen LogP contribution in [-0.2, 0) is 11.2 Å². The smallest absolute Gasteiger partial charge is 0.323 e. The van der Waals surface area contributed by atoms with Crippen molar-refractivity contribution in [3.8, 4) is 11.5 Å². The highest BCUT2D eigenvalue weighted by Gasteiger charge is 2.31. The summed E-state index contributed by atoms with van der Waals surface area (Å²) in [6.07, 6.45) is 6.16. The van der Waals surface area contributed by atoms with Crippen molar-refractivity contribution in [1.29, 1.82) is 0 Å². The van der Waals surface area contributed by atoms with E-state index in [1.165, 1.54) is 17.0 Å². The fourth-order valence-corrected chi connectivity index (χ4v) is 3.83.